The third-order valence-corrected chi connectivity index (χ3v) is 4.92. The van der Waals surface area contributed by atoms with Gasteiger partial charge in [0.2, 0.25) is 7.37 Å². The van der Waals surface area contributed by atoms with Crippen LogP contribution in [0.3, 0.4) is 0 Å². The van der Waals surface area contributed by atoms with Crippen LogP contribution in [-0.4, -0.2) is 17.7 Å². The molecule has 0 aliphatic heterocycles. The highest BCUT2D eigenvalue weighted by molar-refractivity contribution is 7.57. The van der Waals surface area contributed by atoms with Crippen LogP contribution in [0.1, 0.15) is 33.3 Å². The summed E-state index contributed by atoms with van der Waals surface area (Å²) in [5.74, 6) is 0. The number of hydrogen-bond donors (Lipinski definition) is 0. The molecule has 0 spiro atoms. The topological polar surface area (TPSA) is 69.4 Å². The molecule has 112 valence electrons. The zero-order chi connectivity index (χ0) is 15.6. The number of nitrogens with zero attached hydrogens (tertiary/aromatic N) is 1. The van der Waals surface area contributed by atoms with Crippen molar-refractivity contribution >= 4 is 13.1 Å². The molecule has 0 saturated heterocycles. The summed E-state index contributed by atoms with van der Waals surface area (Å²) in [5.41, 5.74) is 0.729. The molecule has 1 aromatic carbocycles. The second-order valence-electron chi connectivity index (χ2n) is 6.21. The molecular formula is C14H22NO4P. The van der Waals surface area contributed by atoms with Gasteiger partial charge in [0.25, 0.3) is 5.69 Å². The van der Waals surface area contributed by atoms with Crippen LogP contribution >= 0.6 is 7.37 Å². The Morgan fingerprint density at radius 3 is 2.20 bits per heavy atom. The van der Waals surface area contributed by atoms with Gasteiger partial charge in [-0.25, -0.2) is 0 Å². The molecule has 2 unspecified atom stereocenters. The Labute approximate surface area is 119 Å². The van der Waals surface area contributed by atoms with Gasteiger partial charge in [-0.1, -0.05) is 32.9 Å². The molecule has 6 heteroatoms. The van der Waals surface area contributed by atoms with E-state index in [0.717, 1.165) is 5.56 Å². The molecule has 0 aromatic heterocycles. The molecule has 20 heavy (non-hydrogen) atoms. The molecule has 0 aliphatic rings. The van der Waals surface area contributed by atoms with Crippen molar-refractivity contribution in [1.82, 2.24) is 0 Å². The lowest BCUT2D eigenvalue weighted by atomic mass is 9.91. The van der Waals surface area contributed by atoms with Gasteiger partial charge >= 0.3 is 0 Å². The largest absolute Gasteiger partial charge is 0.325 e. The molecule has 0 N–H and O–H groups in total. The summed E-state index contributed by atoms with van der Waals surface area (Å²) in [6, 6.07) is 6.09. The Hall–Kier alpha value is -1.19. The number of nitro groups is 1. The third kappa shape index (κ3) is 5.06. The fourth-order valence-electron chi connectivity index (χ4n) is 1.58. The molecule has 0 aliphatic carbocycles. The molecule has 0 fully saturated rings. The van der Waals surface area contributed by atoms with Crippen LogP contribution in [0.2, 0.25) is 0 Å². The van der Waals surface area contributed by atoms with Crippen molar-refractivity contribution in [1.29, 1.82) is 0 Å². The van der Waals surface area contributed by atoms with Gasteiger partial charge in [-0.2, -0.15) is 0 Å². The van der Waals surface area contributed by atoms with Gasteiger partial charge in [-0.15, -0.1) is 0 Å². The fourth-order valence-corrected chi connectivity index (χ4v) is 3.52. The van der Waals surface area contributed by atoms with E-state index >= 15 is 0 Å². The maximum atomic E-state index is 12.5. The van der Waals surface area contributed by atoms with E-state index in [2.05, 4.69) is 0 Å². The van der Waals surface area contributed by atoms with Crippen LogP contribution in [0.25, 0.3) is 0 Å². The smallest absolute Gasteiger partial charge is 0.269 e. The van der Waals surface area contributed by atoms with Crippen LogP contribution in [-0.2, 0) is 15.3 Å². The van der Waals surface area contributed by atoms with E-state index in [9.17, 15) is 14.7 Å². The van der Waals surface area contributed by atoms with E-state index in [4.69, 9.17) is 4.52 Å². The summed E-state index contributed by atoms with van der Waals surface area (Å²) >= 11 is 0. The van der Waals surface area contributed by atoms with E-state index in [1.165, 1.54) is 12.1 Å². The number of hydrogen-bond acceptors (Lipinski definition) is 4. The molecule has 2 atom stereocenters. The highest BCUT2D eigenvalue weighted by atomic mass is 31.2. The Bertz CT molecular complexity index is 519. The van der Waals surface area contributed by atoms with Crippen LogP contribution in [0.15, 0.2) is 24.3 Å². The van der Waals surface area contributed by atoms with Crippen molar-refractivity contribution < 1.29 is 14.0 Å². The molecule has 0 saturated carbocycles. The first-order valence-corrected chi connectivity index (χ1v) is 8.75. The first kappa shape index (κ1) is 16.9. The Morgan fingerprint density at radius 2 is 1.80 bits per heavy atom. The minimum Gasteiger partial charge on any atom is -0.325 e. The Kier molecular flexibility index (Phi) is 5.11. The number of non-ortho nitro benzene ring substituents is 1. The van der Waals surface area contributed by atoms with Crippen molar-refractivity contribution in [3.8, 4) is 0 Å². The third-order valence-electron chi connectivity index (χ3n) is 3.22. The molecule has 5 nitrogen and oxygen atoms in total. The fraction of sp³-hybridized carbons (Fsp3) is 0.571. The maximum absolute atomic E-state index is 12.5. The molecule has 0 amide bonds. The van der Waals surface area contributed by atoms with Gasteiger partial charge in [0, 0.05) is 25.0 Å². The monoisotopic (exact) mass is 299 g/mol. The average molecular weight is 299 g/mol. The van der Waals surface area contributed by atoms with E-state index in [1.807, 2.05) is 27.7 Å². The lowest BCUT2D eigenvalue weighted by Gasteiger charge is -2.30. The summed E-state index contributed by atoms with van der Waals surface area (Å²) < 4.78 is 18.2. The van der Waals surface area contributed by atoms with Crippen molar-refractivity contribution in [2.75, 3.05) is 6.66 Å². The van der Waals surface area contributed by atoms with E-state index in [0.29, 0.717) is 0 Å². The second-order valence-corrected chi connectivity index (χ2v) is 8.76. The van der Waals surface area contributed by atoms with Crippen LogP contribution in [0.4, 0.5) is 5.69 Å². The molecule has 1 aromatic rings. The van der Waals surface area contributed by atoms with Crippen molar-refractivity contribution in [3.63, 3.8) is 0 Å². The maximum Gasteiger partial charge on any atom is 0.269 e. The van der Waals surface area contributed by atoms with Gasteiger partial charge in [0.1, 0.15) is 0 Å². The number of rotatable bonds is 5. The van der Waals surface area contributed by atoms with Crippen molar-refractivity contribution in [2.45, 2.75) is 40.0 Å². The van der Waals surface area contributed by atoms with Gasteiger partial charge in [0.15, 0.2) is 0 Å². The predicted octanol–water partition coefficient (Wildman–Crippen LogP) is 4.45. The van der Waals surface area contributed by atoms with E-state index in [-0.39, 0.29) is 23.4 Å². The highest BCUT2D eigenvalue weighted by Crippen LogP contribution is 2.49. The van der Waals surface area contributed by atoms with Gasteiger partial charge in [-0.05, 0) is 17.9 Å². The van der Waals surface area contributed by atoms with Gasteiger partial charge < -0.3 is 4.52 Å². The summed E-state index contributed by atoms with van der Waals surface area (Å²) in [4.78, 5) is 10.1. The zero-order valence-electron chi connectivity index (χ0n) is 12.6. The summed E-state index contributed by atoms with van der Waals surface area (Å²) in [7, 11) is -2.78. The van der Waals surface area contributed by atoms with Crippen LogP contribution in [0.5, 0.6) is 0 Å². The normalized spacial score (nSPS) is 16.4. The minimum absolute atomic E-state index is 0.0312. The standard InChI is InChI=1S/C14H22NO4P/c1-11(14(2,3)4)19-20(5,18)10-12-6-8-13(9-7-12)15(16)17/h6-9,11H,10H2,1-5H3. The van der Waals surface area contributed by atoms with E-state index in [1.54, 1.807) is 18.8 Å². The summed E-state index contributed by atoms with van der Waals surface area (Å²) in [5, 5.41) is 10.6. The summed E-state index contributed by atoms with van der Waals surface area (Å²) in [6.45, 7) is 9.61. The number of benzene rings is 1. The van der Waals surface area contributed by atoms with Crippen LogP contribution < -0.4 is 0 Å². The SMILES string of the molecule is CC(OP(C)(=O)Cc1ccc([N+](=O)[O-])cc1)C(C)(C)C. The Balaban J connectivity index is 2.76. The molecule has 0 bridgehead atoms. The van der Waals surface area contributed by atoms with Crippen molar-refractivity contribution in [2.24, 2.45) is 5.41 Å². The molecule has 0 heterocycles. The first-order chi connectivity index (χ1) is 9.01. The lowest BCUT2D eigenvalue weighted by Crippen LogP contribution is -2.25. The van der Waals surface area contributed by atoms with Gasteiger partial charge in [-0.3, -0.25) is 14.7 Å². The Morgan fingerprint density at radius 1 is 1.30 bits per heavy atom. The first-order valence-electron chi connectivity index (χ1n) is 6.49. The molecule has 0 radical (unpaired) electrons. The van der Waals surface area contributed by atoms with Crippen LogP contribution in [0, 0.1) is 15.5 Å². The quantitative estimate of drug-likeness (QED) is 0.457. The molecular weight excluding hydrogens is 277 g/mol. The zero-order valence-corrected chi connectivity index (χ0v) is 13.5. The lowest BCUT2D eigenvalue weighted by molar-refractivity contribution is -0.384. The van der Waals surface area contributed by atoms with Crippen molar-refractivity contribution in [3.05, 3.63) is 39.9 Å². The highest BCUT2D eigenvalue weighted by Gasteiger charge is 2.28. The second kappa shape index (κ2) is 6.06. The van der Waals surface area contributed by atoms with E-state index < -0.39 is 12.3 Å². The average Bonchev–Trinajstić information content (AvgIpc) is 2.27. The minimum atomic E-state index is -2.78. The number of nitro benzene ring substituents is 1. The van der Waals surface area contributed by atoms with Gasteiger partial charge in [0.05, 0.1) is 11.0 Å². The predicted molar refractivity (Wildman–Crippen MR) is 80.3 cm³/mol. The molecule has 1 rings (SSSR count). The summed E-state index contributed by atoms with van der Waals surface area (Å²) in [6.07, 6.45) is 0.155.